The molecule has 0 aliphatic rings. The van der Waals surface area contributed by atoms with Gasteiger partial charge in [0, 0.05) is 29.6 Å². The molecular weight excluding hydrogens is 328 g/mol. The van der Waals surface area contributed by atoms with E-state index in [2.05, 4.69) is 0 Å². The van der Waals surface area contributed by atoms with E-state index in [-0.39, 0.29) is 0 Å². The first-order chi connectivity index (χ1) is 11.5. The summed E-state index contributed by atoms with van der Waals surface area (Å²) in [6.07, 6.45) is 4.48. The second kappa shape index (κ2) is 8.41. The van der Waals surface area contributed by atoms with Crippen molar-refractivity contribution in [2.75, 3.05) is 14.2 Å². The topological polar surface area (TPSA) is 44.8 Å². The van der Waals surface area contributed by atoms with Crippen molar-refractivity contribution in [2.24, 2.45) is 0 Å². The lowest BCUT2D eigenvalue weighted by atomic mass is 10.1. The summed E-state index contributed by atoms with van der Waals surface area (Å²) in [6.45, 7) is 1.36. The van der Waals surface area contributed by atoms with Crippen LogP contribution < -0.4 is 14.2 Å². The van der Waals surface area contributed by atoms with Crippen molar-refractivity contribution in [3.8, 4) is 17.2 Å². The summed E-state index contributed by atoms with van der Waals surface area (Å²) in [5, 5.41) is 0.695. The van der Waals surface area contributed by atoms with Crippen LogP contribution in [0.1, 0.15) is 18.1 Å². The molecule has 0 N–H and O–H groups in total. The first kappa shape index (κ1) is 17.9. The average molecular weight is 347 g/mol. The summed E-state index contributed by atoms with van der Waals surface area (Å²) in [5.74, 6) is 1.20. The molecule has 0 heterocycles. The van der Waals surface area contributed by atoms with Gasteiger partial charge in [-0.15, -0.1) is 0 Å². The molecule has 2 aromatic rings. The van der Waals surface area contributed by atoms with E-state index in [0.717, 1.165) is 11.1 Å². The van der Waals surface area contributed by atoms with Crippen LogP contribution in [0.15, 0.2) is 42.5 Å². The molecule has 0 saturated carbocycles. The van der Waals surface area contributed by atoms with E-state index >= 15 is 0 Å². The standard InChI is InChI=1S/C19H19ClO4/c1-13(21)24-19-12-16(22-2)11-18(23-3)17(19)6-4-5-14-7-9-15(20)10-8-14/h4-5,7-12H,6H2,1-3H3/b5-4+. The van der Waals surface area contributed by atoms with Gasteiger partial charge in [-0.25, -0.2) is 0 Å². The Balaban J connectivity index is 2.29. The number of hydrogen-bond donors (Lipinski definition) is 0. The molecule has 24 heavy (non-hydrogen) atoms. The van der Waals surface area contributed by atoms with Crippen LogP contribution in [0.2, 0.25) is 5.02 Å². The minimum atomic E-state index is -0.395. The zero-order valence-corrected chi connectivity index (χ0v) is 14.6. The monoisotopic (exact) mass is 346 g/mol. The van der Waals surface area contributed by atoms with Crippen LogP contribution in [0.25, 0.3) is 6.08 Å². The van der Waals surface area contributed by atoms with Gasteiger partial charge in [-0.05, 0) is 24.1 Å². The van der Waals surface area contributed by atoms with Crippen LogP contribution in [0, 0.1) is 0 Å². The Labute approximate surface area is 146 Å². The Morgan fingerprint density at radius 2 is 1.75 bits per heavy atom. The van der Waals surface area contributed by atoms with E-state index in [1.807, 2.05) is 36.4 Å². The largest absolute Gasteiger partial charge is 0.496 e. The van der Waals surface area contributed by atoms with Crippen molar-refractivity contribution in [1.82, 2.24) is 0 Å². The predicted octanol–water partition coefficient (Wildman–Crippen LogP) is 4.54. The Morgan fingerprint density at radius 1 is 1.08 bits per heavy atom. The van der Waals surface area contributed by atoms with E-state index in [1.54, 1.807) is 26.4 Å². The molecule has 126 valence electrons. The number of rotatable bonds is 6. The Hall–Kier alpha value is -2.46. The van der Waals surface area contributed by atoms with E-state index in [4.69, 9.17) is 25.8 Å². The van der Waals surface area contributed by atoms with Crippen LogP contribution in [0.5, 0.6) is 17.2 Å². The Kier molecular flexibility index (Phi) is 6.27. The number of esters is 1. The third-order valence-electron chi connectivity index (χ3n) is 3.35. The summed E-state index contributed by atoms with van der Waals surface area (Å²) < 4.78 is 15.9. The maximum absolute atomic E-state index is 11.4. The molecule has 2 aromatic carbocycles. The van der Waals surface area contributed by atoms with Gasteiger partial charge in [0.05, 0.1) is 14.2 Å². The molecular formula is C19H19ClO4. The number of allylic oxidation sites excluding steroid dienone is 1. The number of halogens is 1. The first-order valence-electron chi connectivity index (χ1n) is 7.39. The van der Waals surface area contributed by atoms with Crippen LogP contribution in [0.4, 0.5) is 0 Å². The number of hydrogen-bond acceptors (Lipinski definition) is 4. The van der Waals surface area contributed by atoms with Gasteiger partial charge in [0.15, 0.2) is 0 Å². The molecule has 0 bridgehead atoms. The van der Waals surface area contributed by atoms with Gasteiger partial charge in [-0.3, -0.25) is 4.79 Å². The molecule has 0 fully saturated rings. The fourth-order valence-electron chi connectivity index (χ4n) is 2.23. The van der Waals surface area contributed by atoms with E-state index in [9.17, 15) is 4.79 Å². The van der Waals surface area contributed by atoms with Gasteiger partial charge < -0.3 is 14.2 Å². The van der Waals surface area contributed by atoms with Gasteiger partial charge in [-0.2, -0.15) is 0 Å². The normalized spacial score (nSPS) is 10.7. The van der Waals surface area contributed by atoms with Crippen molar-refractivity contribution in [3.05, 3.63) is 58.6 Å². The zero-order valence-electron chi connectivity index (χ0n) is 13.8. The number of benzene rings is 2. The second-order valence-corrected chi connectivity index (χ2v) is 5.49. The van der Waals surface area contributed by atoms with Gasteiger partial charge in [0.25, 0.3) is 0 Å². The summed E-state index contributed by atoms with van der Waals surface area (Å²) in [5.41, 5.74) is 1.81. The summed E-state index contributed by atoms with van der Waals surface area (Å²) in [7, 11) is 3.12. The molecule has 0 amide bonds. The number of methoxy groups -OCH3 is 2. The molecule has 0 atom stereocenters. The molecule has 4 nitrogen and oxygen atoms in total. The third-order valence-corrected chi connectivity index (χ3v) is 3.61. The molecule has 0 spiro atoms. The van der Waals surface area contributed by atoms with E-state index in [1.165, 1.54) is 6.92 Å². The minimum Gasteiger partial charge on any atom is -0.496 e. The van der Waals surface area contributed by atoms with Crippen molar-refractivity contribution in [1.29, 1.82) is 0 Å². The number of carbonyl (C=O) groups is 1. The van der Waals surface area contributed by atoms with E-state index in [0.29, 0.717) is 28.7 Å². The maximum atomic E-state index is 11.4. The highest BCUT2D eigenvalue weighted by Gasteiger charge is 2.14. The zero-order chi connectivity index (χ0) is 17.5. The van der Waals surface area contributed by atoms with Crippen molar-refractivity contribution in [3.63, 3.8) is 0 Å². The third kappa shape index (κ3) is 4.77. The van der Waals surface area contributed by atoms with E-state index < -0.39 is 5.97 Å². The lowest BCUT2D eigenvalue weighted by molar-refractivity contribution is -0.131. The molecule has 2 rings (SSSR count). The maximum Gasteiger partial charge on any atom is 0.308 e. The lowest BCUT2D eigenvalue weighted by Gasteiger charge is -2.14. The SMILES string of the molecule is COc1cc(OC)c(C/C=C/c2ccc(Cl)cc2)c(OC(C)=O)c1. The highest BCUT2D eigenvalue weighted by Crippen LogP contribution is 2.35. The molecule has 0 aliphatic carbocycles. The van der Waals surface area contributed by atoms with Crippen LogP contribution >= 0.6 is 11.6 Å². The van der Waals surface area contributed by atoms with Crippen LogP contribution in [-0.2, 0) is 11.2 Å². The van der Waals surface area contributed by atoms with Crippen LogP contribution in [-0.4, -0.2) is 20.2 Å². The summed E-state index contributed by atoms with van der Waals surface area (Å²) in [6, 6.07) is 11.0. The molecule has 0 unspecified atom stereocenters. The smallest absolute Gasteiger partial charge is 0.308 e. The highest BCUT2D eigenvalue weighted by atomic mass is 35.5. The average Bonchev–Trinajstić information content (AvgIpc) is 2.56. The minimum absolute atomic E-state index is 0.395. The first-order valence-corrected chi connectivity index (χ1v) is 7.76. The van der Waals surface area contributed by atoms with Crippen molar-refractivity contribution in [2.45, 2.75) is 13.3 Å². The second-order valence-electron chi connectivity index (χ2n) is 5.06. The van der Waals surface area contributed by atoms with Crippen LogP contribution in [0.3, 0.4) is 0 Å². The summed E-state index contributed by atoms with van der Waals surface area (Å²) >= 11 is 5.88. The molecule has 0 saturated heterocycles. The summed E-state index contributed by atoms with van der Waals surface area (Å²) in [4.78, 5) is 11.4. The van der Waals surface area contributed by atoms with Gasteiger partial charge >= 0.3 is 5.97 Å². The van der Waals surface area contributed by atoms with Gasteiger partial charge in [0.1, 0.15) is 17.2 Å². The lowest BCUT2D eigenvalue weighted by Crippen LogP contribution is -2.05. The number of ether oxygens (including phenoxy) is 3. The fraction of sp³-hybridized carbons (Fsp3) is 0.211. The van der Waals surface area contributed by atoms with Gasteiger partial charge in [0.2, 0.25) is 0 Å². The molecule has 5 heteroatoms. The Morgan fingerprint density at radius 3 is 2.33 bits per heavy atom. The van der Waals surface area contributed by atoms with Gasteiger partial charge in [-0.1, -0.05) is 35.9 Å². The molecule has 0 aliphatic heterocycles. The highest BCUT2D eigenvalue weighted by molar-refractivity contribution is 6.30. The number of carbonyl (C=O) groups excluding carboxylic acids is 1. The molecule has 0 aromatic heterocycles. The Bertz CT molecular complexity index is 736. The predicted molar refractivity (Wildman–Crippen MR) is 95.0 cm³/mol. The quantitative estimate of drug-likeness (QED) is 0.569. The molecule has 0 radical (unpaired) electrons. The fourth-order valence-corrected chi connectivity index (χ4v) is 2.36. The van der Waals surface area contributed by atoms with Crippen molar-refractivity contribution < 1.29 is 19.0 Å². The van der Waals surface area contributed by atoms with Crippen molar-refractivity contribution >= 4 is 23.6 Å².